The number of rotatable bonds is 7. The van der Waals surface area contributed by atoms with Crippen LogP contribution in [0.15, 0.2) is 82.2 Å². The number of methoxy groups -OCH3 is 2. The second-order valence-corrected chi connectivity index (χ2v) is 8.77. The summed E-state index contributed by atoms with van der Waals surface area (Å²) >= 11 is 3.41. The van der Waals surface area contributed by atoms with Gasteiger partial charge in [0.1, 0.15) is 11.5 Å². The molecule has 0 N–H and O–H groups in total. The SMILES string of the molecule is COc1ccc(N(Cc2ccc(Br)cc2)S(=O)(=O)c2ccccc2)c(OC)c1. The van der Waals surface area contributed by atoms with Crippen LogP contribution in [-0.2, 0) is 16.6 Å². The lowest BCUT2D eigenvalue weighted by atomic mass is 10.2. The van der Waals surface area contributed by atoms with Crippen LogP contribution in [0.3, 0.4) is 0 Å². The van der Waals surface area contributed by atoms with E-state index in [-0.39, 0.29) is 11.4 Å². The van der Waals surface area contributed by atoms with Crippen LogP contribution in [0, 0.1) is 0 Å². The van der Waals surface area contributed by atoms with E-state index in [9.17, 15) is 8.42 Å². The highest BCUT2D eigenvalue weighted by Gasteiger charge is 2.27. The number of halogens is 1. The summed E-state index contributed by atoms with van der Waals surface area (Å²) in [5.41, 5.74) is 1.29. The van der Waals surface area contributed by atoms with E-state index in [0.717, 1.165) is 10.0 Å². The zero-order chi connectivity index (χ0) is 20.1. The summed E-state index contributed by atoms with van der Waals surface area (Å²) in [6, 6.07) is 21.0. The quantitative estimate of drug-likeness (QED) is 0.503. The first-order valence-corrected chi connectivity index (χ1v) is 10.7. The number of hydrogen-bond donors (Lipinski definition) is 0. The first kappa shape index (κ1) is 20.2. The van der Waals surface area contributed by atoms with Crippen LogP contribution < -0.4 is 13.8 Å². The van der Waals surface area contributed by atoms with Crippen molar-refractivity contribution >= 4 is 31.6 Å². The van der Waals surface area contributed by atoms with Crippen molar-refractivity contribution in [2.75, 3.05) is 18.5 Å². The molecule has 28 heavy (non-hydrogen) atoms. The molecule has 0 aliphatic rings. The standard InChI is InChI=1S/C21H20BrNO4S/c1-26-18-12-13-20(21(14-18)27-2)23(15-16-8-10-17(22)11-9-16)28(24,25)19-6-4-3-5-7-19/h3-14H,15H2,1-2H3. The van der Waals surface area contributed by atoms with E-state index in [4.69, 9.17) is 9.47 Å². The number of anilines is 1. The molecule has 0 saturated heterocycles. The zero-order valence-corrected chi connectivity index (χ0v) is 17.9. The molecule has 0 unspecified atom stereocenters. The lowest BCUT2D eigenvalue weighted by Gasteiger charge is -2.26. The molecule has 0 spiro atoms. The summed E-state index contributed by atoms with van der Waals surface area (Å²) in [4.78, 5) is 0.213. The van der Waals surface area contributed by atoms with Gasteiger partial charge in [0.2, 0.25) is 0 Å². The van der Waals surface area contributed by atoms with Crippen molar-refractivity contribution in [2.45, 2.75) is 11.4 Å². The predicted molar refractivity (Wildman–Crippen MR) is 113 cm³/mol. The van der Waals surface area contributed by atoms with Crippen molar-refractivity contribution in [3.05, 3.63) is 82.8 Å². The van der Waals surface area contributed by atoms with Gasteiger partial charge >= 0.3 is 0 Å². The lowest BCUT2D eigenvalue weighted by Crippen LogP contribution is -2.31. The molecule has 7 heteroatoms. The molecule has 0 aliphatic carbocycles. The fourth-order valence-corrected chi connectivity index (χ4v) is 4.51. The van der Waals surface area contributed by atoms with Crippen LogP contribution in [0.2, 0.25) is 0 Å². The molecule has 0 heterocycles. The van der Waals surface area contributed by atoms with Crippen LogP contribution in [0.5, 0.6) is 11.5 Å². The van der Waals surface area contributed by atoms with Crippen molar-refractivity contribution in [2.24, 2.45) is 0 Å². The predicted octanol–water partition coefficient (Wildman–Crippen LogP) is 4.86. The Morgan fingerprint density at radius 3 is 2.18 bits per heavy atom. The van der Waals surface area contributed by atoms with E-state index in [1.807, 2.05) is 24.3 Å². The largest absolute Gasteiger partial charge is 0.497 e. The van der Waals surface area contributed by atoms with Gasteiger partial charge in [-0.2, -0.15) is 0 Å². The topological polar surface area (TPSA) is 55.8 Å². The highest BCUT2D eigenvalue weighted by molar-refractivity contribution is 9.10. The Morgan fingerprint density at radius 1 is 0.893 bits per heavy atom. The van der Waals surface area contributed by atoms with Gasteiger partial charge in [-0.25, -0.2) is 8.42 Å². The van der Waals surface area contributed by atoms with Gasteiger partial charge in [0.15, 0.2) is 0 Å². The summed E-state index contributed by atoms with van der Waals surface area (Å²) in [5.74, 6) is 0.997. The van der Waals surface area contributed by atoms with Gasteiger partial charge < -0.3 is 9.47 Å². The van der Waals surface area contributed by atoms with Crippen molar-refractivity contribution in [3.8, 4) is 11.5 Å². The molecule has 3 aromatic carbocycles. The minimum atomic E-state index is -3.81. The third-order valence-electron chi connectivity index (χ3n) is 4.23. The van der Waals surface area contributed by atoms with Crippen LogP contribution in [0.25, 0.3) is 0 Å². The maximum Gasteiger partial charge on any atom is 0.264 e. The fraction of sp³-hybridized carbons (Fsp3) is 0.143. The van der Waals surface area contributed by atoms with Gasteiger partial charge in [0.25, 0.3) is 10.0 Å². The molecular weight excluding hydrogens is 442 g/mol. The molecule has 0 atom stereocenters. The average Bonchev–Trinajstić information content (AvgIpc) is 2.73. The van der Waals surface area contributed by atoms with Crippen molar-refractivity contribution in [3.63, 3.8) is 0 Å². The van der Waals surface area contributed by atoms with Gasteiger partial charge in [-0.05, 0) is 42.0 Å². The van der Waals surface area contributed by atoms with E-state index in [0.29, 0.717) is 17.2 Å². The van der Waals surface area contributed by atoms with Gasteiger partial charge in [-0.15, -0.1) is 0 Å². The average molecular weight is 462 g/mol. The van der Waals surface area contributed by atoms with Gasteiger partial charge in [0, 0.05) is 10.5 Å². The van der Waals surface area contributed by atoms with Crippen LogP contribution in [-0.4, -0.2) is 22.6 Å². The maximum absolute atomic E-state index is 13.5. The van der Waals surface area contributed by atoms with Crippen LogP contribution in [0.1, 0.15) is 5.56 Å². The molecule has 3 rings (SSSR count). The number of hydrogen-bond acceptors (Lipinski definition) is 4. The van der Waals surface area contributed by atoms with Crippen molar-refractivity contribution < 1.29 is 17.9 Å². The summed E-state index contributed by atoms with van der Waals surface area (Å²) in [6.07, 6.45) is 0. The Bertz CT molecular complexity index is 1040. The number of benzene rings is 3. The Kier molecular flexibility index (Phi) is 6.26. The highest BCUT2D eigenvalue weighted by atomic mass is 79.9. The van der Waals surface area contributed by atoms with Crippen molar-refractivity contribution in [1.82, 2.24) is 0 Å². The number of ether oxygens (including phenoxy) is 2. The number of sulfonamides is 1. The molecule has 0 bridgehead atoms. The molecule has 5 nitrogen and oxygen atoms in total. The summed E-state index contributed by atoms with van der Waals surface area (Å²) < 4.78 is 39.9. The molecular formula is C21H20BrNO4S. The Balaban J connectivity index is 2.13. The highest BCUT2D eigenvalue weighted by Crippen LogP contribution is 2.36. The van der Waals surface area contributed by atoms with Crippen LogP contribution in [0.4, 0.5) is 5.69 Å². The zero-order valence-electron chi connectivity index (χ0n) is 15.5. The second kappa shape index (κ2) is 8.67. The first-order valence-electron chi connectivity index (χ1n) is 8.50. The smallest absolute Gasteiger partial charge is 0.264 e. The Hall–Kier alpha value is -2.51. The first-order chi connectivity index (χ1) is 13.5. The molecule has 146 valence electrons. The monoisotopic (exact) mass is 461 g/mol. The summed E-state index contributed by atoms with van der Waals surface area (Å²) in [5, 5.41) is 0. The summed E-state index contributed by atoms with van der Waals surface area (Å²) in [7, 11) is -0.758. The number of nitrogens with zero attached hydrogens (tertiary/aromatic N) is 1. The van der Waals surface area contributed by atoms with Crippen LogP contribution >= 0.6 is 15.9 Å². The van der Waals surface area contributed by atoms with Gasteiger partial charge in [-0.3, -0.25) is 4.31 Å². The molecule has 0 amide bonds. The summed E-state index contributed by atoms with van der Waals surface area (Å²) in [6.45, 7) is 0.160. The molecule has 0 aromatic heterocycles. The second-order valence-electron chi connectivity index (χ2n) is 5.99. The molecule has 0 saturated carbocycles. The minimum Gasteiger partial charge on any atom is -0.497 e. The molecule has 0 radical (unpaired) electrons. The Morgan fingerprint density at radius 2 is 1.57 bits per heavy atom. The minimum absolute atomic E-state index is 0.160. The van der Waals surface area contributed by atoms with E-state index in [1.165, 1.54) is 11.4 Å². The van der Waals surface area contributed by atoms with Gasteiger partial charge in [-0.1, -0.05) is 46.3 Å². The third kappa shape index (κ3) is 4.31. The van der Waals surface area contributed by atoms with E-state index in [2.05, 4.69) is 15.9 Å². The fourth-order valence-electron chi connectivity index (χ4n) is 2.77. The van der Waals surface area contributed by atoms with E-state index < -0.39 is 10.0 Å². The third-order valence-corrected chi connectivity index (χ3v) is 6.53. The van der Waals surface area contributed by atoms with E-state index in [1.54, 1.807) is 55.6 Å². The van der Waals surface area contributed by atoms with Gasteiger partial charge in [0.05, 0.1) is 31.3 Å². The van der Waals surface area contributed by atoms with Crippen molar-refractivity contribution in [1.29, 1.82) is 0 Å². The normalized spacial score (nSPS) is 11.1. The molecule has 0 aliphatic heterocycles. The maximum atomic E-state index is 13.5. The Labute approximate surface area is 173 Å². The van der Waals surface area contributed by atoms with E-state index >= 15 is 0 Å². The molecule has 3 aromatic rings. The lowest BCUT2D eigenvalue weighted by molar-refractivity contribution is 0.394. The molecule has 0 fully saturated rings.